The molecule has 0 radical (unpaired) electrons. The van der Waals surface area contributed by atoms with Crippen LogP contribution in [0.25, 0.3) is 0 Å². The Hall–Kier alpha value is -1.65. The SMILES string of the molecule is Cc1nccc(N2C[C@@H]3CCC[C@@]3(C(=O)O)C2)n1. The molecular formula is C13H17N3O2. The van der Waals surface area contributed by atoms with Crippen molar-refractivity contribution in [3.63, 3.8) is 0 Å². The van der Waals surface area contributed by atoms with Gasteiger partial charge in [0.05, 0.1) is 5.41 Å². The van der Waals surface area contributed by atoms with Gasteiger partial charge in [0.15, 0.2) is 0 Å². The Kier molecular flexibility index (Phi) is 2.50. The summed E-state index contributed by atoms with van der Waals surface area (Å²) in [6, 6.07) is 1.86. The molecule has 5 heteroatoms. The van der Waals surface area contributed by atoms with E-state index in [4.69, 9.17) is 0 Å². The van der Waals surface area contributed by atoms with Gasteiger partial charge in [-0.3, -0.25) is 4.79 Å². The third kappa shape index (κ3) is 1.57. The van der Waals surface area contributed by atoms with Gasteiger partial charge in [-0.15, -0.1) is 0 Å². The molecule has 2 aliphatic rings. The van der Waals surface area contributed by atoms with Gasteiger partial charge in [-0.05, 0) is 31.7 Å². The average molecular weight is 247 g/mol. The lowest BCUT2D eigenvalue weighted by Crippen LogP contribution is -2.35. The van der Waals surface area contributed by atoms with Crippen LogP contribution in [0.3, 0.4) is 0 Å². The van der Waals surface area contributed by atoms with Crippen LogP contribution < -0.4 is 4.90 Å². The number of anilines is 1. The second kappa shape index (κ2) is 3.93. The van der Waals surface area contributed by atoms with E-state index < -0.39 is 11.4 Å². The molecule has 1 aliphatic carbocycles. The van der Waals surface area contributed by atoms with Gasteiger partial charge in [0, 0.05) is 19.3 Å². The fourth-order valence-electron chi connectivity index (χ4n) is 3.43. The number of nitrogens with zero attached hydrogens (tertiary/aromatic N) is 3. The highest BCUT2D eigenvalue weighted by Crippen LogP contribution is 2.49. The Morgan fingerprint density at radius 3 is 3.11 bits per heavy atom. The summed E-state index contributed by atoms with van der Waals surface area (Å²) in [7, 11) is 0. The molecule has 0 aromatic carbocycles. The number of carbonyl (C=O) groups is 1. The van der Waals surface area contributed by atoms with E-state index >= 15 is 0 Å². The predicted molar refractivity (Wildman–Crippen MR) is 66.4 cm³/mol. The third-order valence-electron chi connectivity index (χ3n) is 4.38. The zero-order chi connectivity index (χ0) is 12.8. The van der Waals surface area contributed by atoms with Gasteiger partial charge in [0.1, 0.15) is 11.6 Å². The quantitative estimate of drug-likeness (QED) is 0.857. The van der Waals surface area contributed by atoms with Crippen LogP contribution in [0.5, 0.6) is 0 Å². The topological polar surface area (TPSA) is 66.3 Å². The first-order chi connectivity index (χ1) is 8.62. The molecule has 1 aliphatic heterocycles. The molecule has 1 aromatic heterocycles. The van der Waals surface area contributed by atoms with Crippen LogP contribution in [0.2, 0.25) is 0 Å². The van der Waals surface area contributed by atoms with E-state index in [0.29, 0.717) is 6.54 Å². The molecule has 0 amide bonds. The summed E-state index contributed by atoms with van der Waals surface area (Å²) < 4.78 is 0. The number of carboxylic acids is 1. The highest BCUT2D eigenvalue weighted by molar-refractivity contribution is 5.77. The second-order valence-corrected chi connectivity index (χ2v) is 5.39. The molecule has 96 valence electrons. The van der Waals surface area contributed by atoms with Crippen molar-refractivity contribution in [1.29, 1.82) is 0 Å². The molecule has 1 N–H and O–H groups in total. The van der Waals surface area contributed by atoms with Gasteiger partial charge in [-0.1, -0.05) is 6.42 Å². The maximum Gasteiger partial charge on any atom is 0.311 e. The lowest BCUT2D eigenvalue weighted by Gasteiger charge is -2.23. The van der Waals surface area contributed by atoms with Crippen molar-refractivity contribution in [2.24, 2.45) is 11.3 Å². The van der Waals surface area contributed by atoms with Crippen molar-refractivity contribution < 1.29 is 9.90 Å². The molecule has 2 atom stereocenters. The van der Waals surface area contributed by atoms with Crippen molar-refractivity contribution in [2.45, 2.75) is 26.2 Å². The van der Waals surface area contributed by atoms with E-state index in [1.165, 1.54) is 0 Å². The molecule has 0 spiro atoms. The fourth-order valence-corrected chi connectivity index (χ4v) is 3.43. The Balaban J connectivity index is 1.89. The zero-order valence-corrected chi connectivity index (χ0v) is 10.5. The lowest BCUT2D eigenvalue weighted by molar-refractivity contribution is -0.149. The first-order valence-electron chi connectivity index (χ1n) is 6.40. The van der Waals surface area contributed by atoms with Gasteiger partial charge < -0.3 is 10.0 Å². The Morgan fingerprint density at radius 1 is 1.61 bits per heavy atom. The molecule has 0 unspecified atom stereocenters. The number of hydrogen-bond acceptors (Lipinski definition) is 4. The minimum absolute atomic E-state index is 0.269. The number of aliphatic carboxylic acids is 1. The number of rotatable bonds is 2. The summed E-state index contributed by atoms with van der Waals surface area (Å²) >= 11 is 0. The average Bonchev–Trinajstić information content (AvgIpc) is 2.85. The molecule has 1 saturated heterocycles. The summed E-state index contributed by atoms with van der Waals surface area (Å²) in [5.41, 5.74) is -0.543. The fraction of sp³-hybridized carbons (Fsp3) is 0.615. The van der Waals surface area contributed by atoms with E-state index in [1.807, 2.05) is 13.0 Å². The van der Waals surface area contributed by atoms with E-state index in [9.17, 15) is 9.90 Å². The lowest BCUT2D eigenvalue weighted by atomic mass is 9.81. The number of carboxylic acid groups (broad SMARTS) is 1. The predicted octanol–water partition coefficient (Wildman–Crippen LogP) is 1.48. The third-order valence-corrected chi connectivity index (χ3v) is 4.38. The first-order valence-corrected chi connectivity index (χ1v) is 6.40. The smallest absolute Gasteiger partial charge is 0.311 e. The standard InChI is InChI=1S/C13H17N3O2/c1-9-14-6-4-11(15-9)16-7-10-3-2-5-13(10,8-16)12(17)18/h4,6,10H,2-3,5,7-8H2,1H3,(H,17,18)/t10-,13+/m0/s1. The van der Waals surface area contributed by atoms with Gasteiger partial charge in [0.25, 0.3) is 0 Å². The van der Waals surface area contributed by atoms with Crippen LogP contribution in [-0.4, -0.2) is 34.1 Å². The molecule has 0 bridgehead atoms. The normalized spacial score (nSPS) is 30.5. The Bertz CT molecular complexity index is 491. The maximum atomic E-state index is 11.6. The highest BCUT2D eigenvalue weighted by Gasteiger charge is 2.55. The van der Waals surface area contributed by atoms with Gasteiger partial charge in [-0.2, -0.15) is 0 Å². The monoisotopic (exact) mass is 247 g/mol. The Morgan fingerprint density at radius 2 is 2.44 bits per heavy atom. The molecule has 3 rings (SSSR count). The number of aryl methyl sites for hydroxylation is 1. The second-order valence-electron chi connectivity index (χ2n) is 5.39. The first kappa shape index (κ1) is 11.4. The van der Waals surface area contributed by atoms with Gasteiger partial charge in [0.2, 0.25) is 0 Å². The van der Waals surface area contributed by atoms with E-state index in [1.54, 1.807) is 6.20 Å². The summed E-state index contributed by atoms with van der Waals surface area (Å²) in [6.07, 6.45) is 4.59. The molecule has 5 nitrogen and oxygen atoms in total. The van der Waals surface area contributed by atoms with Crippen LogP contribution in [0.1, 0.15) is 25.1 Å². The van der Waals surface area contributed by atoms with E-state index in [-0.39, 0.29) is 5.92 Å². The van der Waals surface area contributed by atoms with Crippen molar-refractivity contribution in [1.82, 2.24) is 9.97 Å². The maximum absolute atomic E-state index is 11.6. The molecule has 1 saturated carbocycles. The van der Waals surface area contributed by atoms with E-state index in [2.05, 4.69) is 14.9 Å². The van der Waals surface area contributed by atoms with Crippen LogP contribution in [-0.2, 0) is 4.79 Å². The van der Waals surface area contributed by atoms with Gasteiger partial charge in [-0.25, -0.2) is 9.97 Å². The molecule has 1 aromatic rings. The minimum atomic E-state index is -0.640. The number of fused-ring (bicyclic) bond motifs is 1. The molecule has 2 fully saturated rings. The van der Waals surface area contributed by atoms with Crippen LogP contribution in [0, 0.1) is 18.3 Å². The minimum Gasteiger partial charge on any atom is -0.481 e. The van der Waals surface area contributed by atoms with Crippen molar-refractivity contribution >= 4 is 11.8 Å². The van der Waals surface area contributed by atoms with Crippen molar-refractivity contribution in [3.8, 4) is 0 Å². The largest absolute Gasteiger partial charge is 0.481 e. The van der Waals surface area contributed by atoms with Crippen LogP contribution >= 0.6 is 0 Å². The summed E-state index contributed by atoms with van der Waals surface area (Å²) in [5, 5.41) is 9.53. The van der Waals surface area contributed by atoms with Gasteiger partial charge >= 0.3 is 5.97 Å². The number of hydrogen-bond donors (Lipinski definition) is 1. The van der Waals surface area contributed by atoms with Crippen LogP contribution in [0.4, 0.5) is 5.82 Å². The summed E-state index contributed by atoms with van der Waals surface area (Å²) in [4.78, 5) is 22.2. The van der Waals surface area contributed by atoms with Crippen molar-refractivity contribution in [2.75, 3.05) is 18.0 Å². The molecule has 18 heavy (non-hydrogen) atoms. The summed E-state index contributed by atoms with van der Waals surface area (Å²) in [6.45, 7) is 3.25. The van der Waals surface area contributed by atoms with E-state index in [0.717, 1.165) is 37.4 Å². The summed E-state index contributed by atoms with van der Waals surface area (Å²) in [5.74, 6) is 1.22. The highest BCUT2D eigenvalue weighted by atomic mass is 16.4. The van der Waals surface area contributed by atoms with Crippen molar-refractivity contribution in [3.05, 3.63) is 18.1 Å². The zero-order valence-electron chi connectivity index (χ0n) is 10.5. The van der Waals surface area contributed by atoms with Crippen LogP contribution in [0.15, 0.2) is 12.3 Å². The molecule has 2 heterocycles. The number of aromatic nitrogens is 2. The molecular weight excluding hydrogens is 230 g/mol. The Labute approximate surface area is 106 Å².